The van der Waals surface area contributed by atoms with E-state index in [-0.39, 0.29) is 5.56 Å². The fraction of sp³-hybridized carbons (Fsp3) is 0.538. The van der Waals surface area contributed by atoms with Crippen LogP contribution in [0.3, 0.4) is 0 Å². The van der Waals surface area contributed by atoms with Crippen molar-refractivity contribution in [2.45, 2.75) is 38.6 Å². The van der Waals surface area contributed by atoms with E-state index in [1.54, 1.807) is 19.1 Å². The van der Waals surface area contributed by atoms with E-state index in [0.29, 0.717) is 11.7 Å². The molecule has 0 aliphatic heterocycles. The lowest BCUT2D eigenvalue weighted by Gasteiger charge is -2.25. The van der Waals surface area contributed by atoms with Crippen LogP contribution in [0, 0.1) is 6.92 Å². The van der Waals surface area contributed by atoms with Gasteiger partial charge in [-0.3, -0.25) is 0 Å². The fourth-order valence-electron chi connectivity index (χ4n) is 2.45. The van der Waals surface area contributed by atoms with E-state index in [1.807, 2.05) is 7.05 Å². The van der Waals surface area contributed by atoms with Crippen LogP contribution in [0.1, 0.15) is 41.7 Å². The summed E-state index contributed by atoms with van der Waals surface area (Å²) in [5.41, 5.74) is 0.869. The maximum Gasteiger partial charge on any atom is 0.337 e. The Bertz CT molecular complexity index is 425. The Morgan fingerprint density at radius 3 is 2.59 bits per heavy atom. The quantitative estimate of drug-likeness (QED) is 0.872. The zero-order chi connectivity index (χ0) is 12.4. The second-order valence-corrected chi connectivity index (χ2v) is 4.66. The molecule has 0 radical (unpaired) electrons. The first-order valence-electron chi connectivity index (χ1n) is 6.03. The van der Waals surface area contributed by atoms with E-state index < -0.39 is 5.97 Å². The number of nitrogens with zero attached hydrogens (tertiary/aromatic N) is 2. The summed E-state index contributed by atoms with van der Waals surface area (Å²) >= 11 is 0. The molecule has 0 unspecified atom stereocenters. The third kappa shape index (κ3) is 2.40. The molecule has 1 aliphatic rings. The van der Waals surface area contributed by atoms with Crippen molar-refractivity contribution < 1.29 is 9.90 Å². The van der Waals surface area contributed by atoms with Crippen molar-refractivity contribution in [3.63, 3.8) is 0 Å². The molecule has 1 fully saturated rings. The molecule has 4 heteroatoms. The van der Waals surface area contributed by atoms with Crippen molar-refractivity contribution >= 4 is 11.8 Å². The number of aromatic carboxylic acids is 1. The van der Waals surface area contributed by atoms with E-state index in [4.69, 9.17) is 5.11 Å². The predicted molar refractivity (Wildman–Crippen MR) is 66.6 cm³/mol. The number of hydrogen-bond acceptors (Lipinski definition) is 3. The molecule has 1 saturated carbocycles. The number of aryl methyl sites for hydroxylation is 1. The smallest absolute Gasteiger partial charge is 0.337 e. The third-order valence-electron chi connectivity index (χ3n) is 3.54. The molecule has 1 N–H and O–H groups in total. The van der Waals surface area contributed by atoms with Gasteiger partial charge in [-0.2, -0.15) is 0 Å². The van der Waals surface area contributed by atoms with Crippen LogP contribution in [0.2, 0.25) is 0 Å². The summed E-state index contributed by atoms with van der Waals surface area (Å²) in [4.78, 5) is 17.5. The molecule has 2 rings (SSSR count). The molecule has 1 heterocycles. The highest BCUT2D eigenvalue weighted by Gasteiger charge is 2.21. The highest BCUT2D eigenvalue weighted by molar-refractivity contribution is 5.89. The Balaban J connectivity index is 2.21. The Morgan fingerprint density at radius 1 is 1.41 bits per heavy atom. The summed E-state index contributed by atoms with van der Waals surface area (Å²) in [6.07, 6.45) is 4.97. The molecule has 0 amide bonds. The molecule has 0 atom stereocenters. The number of carboxylic acids is 1. The standard InChI is InChI=1S/C13H18N2O2/c1-9-11(13(16)17)7-8-12(14-9)15(2)10-5-3-4-6-10/h7-8,10H,3-6H2,1-2H3,(H,16,17). The zero-order valence-electron chi connectivity index (χ0n) is 10.3. The Hall–Kier alpha value is -1.58. The van der Waals surface area contributed by atoms with Gasteiger partial charge in [0.05, 0.1) is 11.3 Å². The number of carboxylic acid groups (broad SMARTS) is 1. The molecule has 0 spiro atoms. The Labute approximate surface area is 101 Å². The number of hydrogen-bond donors (Lipinski definition) is 1. The first-order chi connectivity index (χ1) is 8.09. The van der Waals surface area contributed by atoms with Gasteiger partial charge in [0.15, 0.2) is 0 Å². The summed E-state index contributed by atoms with van der Waals surface area (Å²) in [5, 5.41) is 8.95. The monoisotopic (exact) mass is 234 g/mol. The minimum absolute atomic E-state index is 0.286. The molecular formula is C13H18N2O2. The van der Waals surface area contributed by atoms with E-state index in [2.05, 4.69) is 9.88 Å². The second kappa shape index (κ2) is 4.73. The molecule has 1 aliphatic carbocycles. The summed E-state index contributed by atoms with van der Waals surface area (Å²) < 4.78 is 0. The molecule has 0 bridgehead atoms. The minimum Gasteiger partial charge on any atom is -0.478 e. The maximum atomic E-state index is 10.9. The SMILES string of the molecule is Cc1nc(N(C)C2CCCC2)ccc1C(=O)O. The number of anilines is 1. The van der Waals surface area contributed by atoms with Crippen LogP contribution >= 0.6 is 0 Å². The number of pyridine rings is 1. The lowest BCUT2D eigenvalue weighted by atomic mass is 10.2. The van der Waals surface area contributed by atoms with Crippen LogP contribution in [0.5, 0.6) is 0 Å². The van der Waals surface area contributed by atoms with Crippen LogP contribution in [0.25, 0.3) is 0 Å². The second-order valence-electron chi connectivity index (χ2n) is 4.66. The van der Waals surface area contributed by atoms with Gasteiger partial charge in [0.25, 0.3) is 0 Å². The summed E-state index contributed by atoms with van der Waals surface area (Å²) in [7, 11) is 2.04. The van der Waals surface area contributed by atoms with Crippen molar-refractivity contribution in [1.82, 2.24) is 4.98 Å². The van der Waals surface area contributed by atoms with Crippen LogP contribution in [0.15, 0.2) is 12.1 Å². The number of carbonyl (C=O) groups is 1. The van der Waals surface area contributed by atoms with Gasteiger partial charge >= 0.3 is 5.97 Å². The van der Waals surface area contributed by atoms with Gasteiger partial charge in [-0.05, 0) is 31.9 Å². The average Bonchev–Trinajstić information content (AvgIpc) is 2.80. The molecular weight excluding hydrogens is 216 g/mol. The first kappa shape index (κ1) is 11.9. The molecule has 4 nitrogen and oxygen atoms in total. The van der Waals surface area contributed by atoms with Crippen LogP contribution in [-0.2, 0) is 0 Å². The molecule has 0 saturated heterocycles. The lowest BCUT2D eigenvalue weighted by Crippen LogP contribution is -2.29. The number of rotatable bonds is 3. The summed E-state index contributed by atoms with van der Waals surface area (Å²) in [5.74, 6) is -0.0375. The highest BCUT2D eigenvalue weighted by Crippen LogP contribution is 2.26. The van der Waals surface area contributed by atoms with E-state index in [1.165, 1.54) is 25.7 Å². The van der Waals surface area contributed by atoms with Gasteiger partial charge < -0.3 is 10.0 Å². The Morgan fingerprint density at radius 2 is 2.06 bits per heavy atom. The summed E-state index contributed by atoms with van der Waals surface area (Å²) in [6, 6.07) is 4.00. The summed E-state index contributed by atoms with van der Waals surface area (Å²) in [6.45, 7) is 1.75. The van der Waals surface area contributed by atoms with E-state index in [0.717, 1.165) is 5.82 Å². The first-order valence-corrected chi connectivity index (χ1v) is 6.03. The van der Waals surface area contributed by atoms with Gasteiger partial charge in [0, 0.05) is 13.1 Å². The molecule has 0 aromatic carbocycles. The van der Waals surface area contributed by atoms with Gasteiger partial charge in [0.2, 0.25) is 0 Å². The maximum absolute atomic E-state index is 10.9. The van der Waals surface area contributed by atoms with Crippen molar-refractivity contribution in [3.8, 4) is 0 Å². The fourth-order valence-corrected chi connectivity index (χ4v) is 2.45. The molecule has 1 aromatic rings. The van der Waals surface area contributed by atoms with Crippen LogP contribution < -0.4 is 4.90 Å². The molecule has 1 aromatic heterocycles. The normalized spacial score (nSPS) is 16.1. The number of aromatic nitrogens is 1. The minimum atomic E-state index is -0.912. The van der Waals surface area contributed by atoms with Crippen molar-refractivity contribution in [3.05, 3.63) is 23.4 Å². The van der Waals surface area contributed by atoms with E-state index in [9.17, 15) is 4.79 Å². The highest BCUT2D eigenvalue weighted by atomic mass is 16.4. The van der Waals surface area contributed by atoms with E-state index >= 15 is 0 Å². The van der Waals surface area contributed by atoms with Crippen LogP contribution in [-0.4, -0.2) is 29.1 Å². The average molecular weight is 234 g/mol. The molecule has 17 heavy (non-hydrogen) atoms. The van der Waals surface area contributed by atoms with Gasteiger partial charge in [-0.15, -0.1) is 0 Å². The van der Waals surface area contributed by atoms with Crippen molar-refractivity contribution in [2.24, 2.45) is 0 Å². The van der Waals surface area contributed by atoms with Gasteiger partial charge in [-0.25, -0.2) is 9.78 Å². The Kier molecular flexibility index (Phi) is 3.31. The molecule has 92 valence electrons. The lowest BCUT2D eigenvalue weighted by molar-refractivity contribution is 0.0695. The zero-order valence-corrected chi connectivity index (χ0v) is 10.3. The van der Waals surface area contributed by atoms with Crippen molar-refractivity contribution in [2.75, 3.05) is 11.9 Å². The van der Waals surface area contributed by atoms with Crippen molar-refractivity contribution in [1.29, 1.82) is 0 Å². The third-order valence-corrected chi connectivity index (χ3v) is 3.54. The largest absolute Gasteiger partial charge is 0.478 e. The predicted octanol–water partition coefficient (Wildman–Crippen LogP) is 2.47. The van der Waals surface area contributed by atoms with Crippen LogP contribution in [0.4, 0.5) is 5.82 Å². The van der Waals surface area contributed by atoms with Gasteiger partial charge in [-0.1, -0.05) is 12.8 Å². The van der Waals surface area contributed by atoms with Gasteiger partial charge in [0.1, 0.15) is 5.82 Å². The topological polar surface area (TPSA) is 53.4 Å².